The van der Waals surface area contributed by atoms with Gasteiger partial charge in [-0.15, -0.1) is 11.3 Å². The van der Waals surface area contributed by atoms with Crippen LogP contribution in [0.5, 0.6) is 5.75 Å². The van der Waals surface area contributed by atoms with Gasteiger partial charge in [0.1, 0.15) is 5.75 Å². The molecule has 0 saturated heterocycles. The smallest absolute Gasteiger partial charge is 0.434 e. The number of methoxy groups -OCH3 is 1. The number of alkyl halides is 3. The summed E-state index contributed by atoms with van der Waals surface area (Å²) in [6.07, 6.45) is -3.87. The number of carbonyl (C=O) groups excluding carboxylic acids is 1. The van der Waals surface area contributed by atoms with E-state index < -0.39 is 23.3 Å². The number of halogens is 3. The molecule has 33 heavy (non-hydrogen) atoms. The lowest BCUT2D eigenvalue weighted by molar-refractivity contribution is -0.143. The first-order valence-corrected chi connectivity index (χ1v) is 10.6. The molecule has 0 aliphatic rings. The van der Waals surface area contributed by atoms with Gasteiger partial charge in [0.2, 0.25) is 0 Å². The molecule has 0 fully saturated rings. The standard InChI is InChI=1S/C23H19F3N4O2S/c1-13-5-4-6-16(11-13)30-20(23(24,25)26)18(12-27-30)21(31)29-22-28-19(14(2)33-22)15-7-9-17(32-3)10-8-15/h4-12H,1-3H3,(H,28,29,31). The highest BCUT2D eigenvalue weighted by Crippen LogP contribution is 2.35. The van der Waals surface area contributed by atoms with Gasteiger partial charge in [0, 0.05) is 10.4 Å². The number of carbonyl (C=O) groups is 1. The van der Waals surface area contributed by atoms with E-state index in [-0.39, 0.29) is 10.8 Å². The van der Waals surface area contributed by atoms with Gasteiger partial charge in [-0.1, -0.05) is 12.1 Å². The van der Waals surface area contributed by atoms with Crippen LogP contribution in [0.15, 0.2) is 54.7 Å². The van der Waals surface area contributed by atoms with Gasteiger partial charge in [-0.05, 0) is 55.8 Å². The SMILES string of the molecule is COc1ccc(-c2nc(NC(=O)c3cnn(-c4cccc(C)c4)c3C(F)(F)F)sc2C)cc1. The summed E-state index contributed by atoms with van der Waals surface area (Å²) in [4.78, 5) is 18.0. The first-order valence-electron chi connectivity index (χ1n) is 9.83. The number of nitrogens with zero attached hydrogens (tertiary/aromatic N) is 3. The third kappa shape index (κ3) is 4.61. The van der Waals surface area contributed by atoms with Gasteiger partial charge in [0.05, 0.1) is 30.3 Å². The van der Waals surface area contributed by atoms with E-state index in [0.29, 0.717) is 11.4 Å². The molecule has 0 bridgehead atoms. The minimum atomic E-state index is -4.79. The zero-order valence-electron chi connectivity index (χ0n) is 17.9. The third-order valence-electron chi connectivity index (χ3n) is 4.91. The van der Waals surface area contributed by atoms with Crippen LogP contribution < -0.4 is 10.1 Å². The summed E-state index contributed by atoms with van der Waals surface area (Å²) >= 11 is 1.18. The summed E-state index contributed by atoms with van der Waals surface area (Å²) in [6, 6.07) is 13.7. The van der Waals surface area contributed by atoms with E-state index in [1.54, 1.807) is 44.4 Å². The first-order chi connectivity index (χ1) is 15.7. The Morgan fingerprint density at radius 1 is 1.12 bits per heavy atom. The molecule has 0 saturated carbocycles. The number of amides is 1. The van der Waals surface area contributed by atoms with Gasteiger partial charge in [-0.2, -0.15) is 18.3 Å². The Labute approximate surface area is 191 Å². The first kappa shape index (κ1) is 22.5. The lowest BCUT2D eigenvalue weighted by Crippen LogP contribution is -2.20. The van der Waals surface area contributed by atoms with E-state index >= 15 is 0 Å². The van der Waals surface area contributed by atoms with Crippen LogP contribution in [0.2, 0.25) is 0 Å². The fraction of sp³-hybridized carbons (Fsp3) is 0.174. The zero-order chi connectivity index (χ0) is 23.8. The fourth-order valence-electron chi connectivity index (χ4n) is 3.37. The van der Waals surface area contributed by atoms with Crippen molar-refractivity contribution in [3.8, 4) is 22.7 Å². The lowest BCUT2D eigenvalue weighted by atomic mass is 10.1. The number of hydrogen-bond donors (Lipinski definition) is 1. The van der Waals surface area contributed by atoms with Crippen LogP contribution in [0.1, 0.15) is 26.5 Å². The molecule has 2 heterocycles. The molecule has 1 amide bonds. The predicted molar refractivity (Wildman–Crippen MR) is 120 cm³/mol. The molecule has 0 aliphatic heterocycles. The monoisotopic (exact) mass is 472 g/mol. The maximum absolute atomic E-state index is 13.9. The van der Waals surface area contributed by atoms with E-state index in [1.807, 2.05) is 19.1 Å². The van der Waals surface area contributed by atoms with Crippen LogP contribution in [0, 0.1) is 13.8 Å². The van der Waals surface area contributed by atoms with Gasteiger partial charge in [0.25, 0.3) is 5.91 Å². The molecular weight excluding hydrogens is 453 g/mol. The van der Waals surface area contributed by atoms with Crippen molar-refractivity contribution < 1.29 is 22.7 Å². The quantitative estimate of drug-likeness (QED) is 0.393. The van der Waals surface area contributed by atoms with Crippen molar-refractivity contribution in [3.63, 3.8) is 0 Å². The second-order valence-corrected chi connectivity index (χ2v) is 8.47. The van der Waals surface area contributed by atoms with Crippen molar-refractivity contribution in [2.24, 2.45) is 0 Å². The van der Waals surface area contributed by atoms with Crippen LogP contribution in [0.25, 0.3) is 16.9 Å². The molecule has 0 spiro atoms. The molecule has 2 aromatic heterocycles. The van der Waals surface area contributed by atoms with Gasteiger partial charge in [-0.3, -0.25) is 10.1 Å². The summed E-state index contributed by atoms with van der Waals surface area (Å²) in [5, 5.41) is 6.54. The van der Waals surface area contributed by atoms with Crippen molar-refractivity contribution >= 4 is 22.4 Å². The zero-order valence-corrected chi connectivity index (χ0v) is 18.7. The van der Waals surface area contributed by atoms with Crippen LogP contribution in [-0.4, -0.2) is 27.8 Å². The topological polar surface area (TPSA) is 69.0 Å². The number of aryl methyl sites for hydroxylation is 2. The van der Waals surface area contributed by atoms with Gasteiger partial charge < -0.3 is 4.74 Å². The number of anilines is 1. The van der Waals surface area contributed by atoms with E-state index in [2.05, 4.69) is 15.4 Å². The Bertz CT molecular complexity index is 1310. The predicted octanol–water partition coefficient (Wildman–Crippen LogP) is 5.89. The Morgan fingerprint density at radius 3 is 2.48 bits per heavy atom. The normalized spacial score (nSPS) is 11.5. The van der Waals surface area contributed by atoms with Crippen molar-refractivity contribution in [1.82, 2.24) is 14.8 Å². The van der Waals surface area contributed by atoms with Gasteiger partial charge in [0.15, 0.2) is 10.8 Å². The highest BCUT2D eigenvalue weighted by atomic mass is 32.1. The Hall–Kier alpha value is -3.66. The van der Waals surface area contributed by atoms with Crippen molar-refractivity contribution in [2.75, 3.05) is 12.4 Å². The van der Waals surface area contributed by atoms with Crippen molar-refractivity contribution in [1.29, 1.82) is 0 Å². The molecule has 0 unspecified atom stereocenters. The van der Waals surface area contributed by atoms with Crippen molar-refractivity contribution in [2.45, 2.75) is 20.0 Å². The molecule has 4 aromatic rings. The summed E-state index contributed by atoms with van der Waals surface area (Å²) in [5.41, 5.74) is 0.689. The molecule has 0 aliphatic carbocycles. The number of aromatic nitrogens is 3. The molecule has 2 aromatic carbocycles. The Kier molecular flexibility index (Phi) is 5.94. The summed E-state index contributed by atoms with van der Waals surface area (Å²) in [5.74, 6) is -0.248. The van der Waals surface area contributed by atoms with E-state index in [9.17, 15) is 18.0 Å². The molecule has 4 rings (SSSR count). The second-order valence-electron chi connectivity index (χ2n) is 7.26. The summed E-state index contributed by atoms with van der Waals surface area (Å²) < 4.78 is 47.6. The summed E-state index contributed by atoms with van der Waals surface area (Å²) in [6.45, 7) is 3.59. The third-order valence-corrected chi connectivity index (χ3v) is 5.80. The van der Waals surface area contributed by atoms with Crippen LogP contribution in [0.3, 0.4) is 0 Å². The average Bonchev–Trinajstić information content (AvgIpc) is 3.38. The molecule has 1 N–H and O–H groups in total. The number of benzene rings is 2. The fourth-order valence-corrected chi connectivity index (χ4v) is 4.20. The van der Waals surface area contributed by atoms with E-state index in [1.165, 1.54) is 17.4 Å². The van der Waals surface area contributed by atoms with Crippen LogP contribution in [0.4, 0.5) is 18.3 Å². The Morgan fingerprint density at radius 2 is 1.85 bits per heavy atom. The largest absolute Gasteiger partial charge is 0.497 e. The molecular formula is C23H19F3N4O2S. The highest BCUT2D eigenvalue weighted by molar-refractivity contribution is 7.16. The molecule has 170 valence electrons. The average molecular weight is 472 g/mol. The number of ether oxygens (including phenoxy) is 1. The van der Waals surface area contributed by atoms with E-state index in [4.69, 9.17) is 4.74 Å². The van der Waals surface area contributed by atoms with E-state index in [0.717, 1.165) is 26.9 Å². The summed E-state index contributed by atoms with van der Waals surface area (Å²) in [7, 11) is 1.56. The second kappa shape index (κ2) is 8.70. The molecule has 6 nitrogen and oxygen atoms in total. The lowest BCUT2D eigenvalue weighted by Gasteiger charge is -2.13. The number of rotatable bonds is 5. The number of nitrogens with one attached hydrogen (secondary N) is 1. The minimum absolute atomic E-state index is 0.194. The van der Waals surface area contributed by atoms with Crippen LogP contribution >= 0.6 is 11.3 Å². The highest BCUT2D eigenvalue weighted by Gasteiger charge is 2.40. The number of thiazole rings is 1. The molecule has 10 heteroatoms. The van der Waals surface area contributed by atoms with Gasteiger partial charge in [-0.25, -0.2) is 9.67 Å². The van der Waals surface area contributed by atoms with Gasteiger partial charge >= 0.3 is 6.18 Å². The Balaban J connectivity index is 1.65. The molecule has 0 atom stereocenters. The minimum Gasteiger partial charge on any atom is -0.497 e. The van der Waals surface area contributed by atoms with Crippen molar-refractivity contribution in [3.05, 3.63) is 76.4 Å². The van der Waals surface area contributed by atoms with Crippen LogP contribution in [-0.2, 0) is 6.18 Å². The maximum Gasteiger partial charge on any atom is 0.434 e. The maximum atomic E-state index is 13.9. The molecule has 0 radical (unpaired) electrons. The number of hydrogen-bond acceptors (Lipinski definition) is 5.